The van der Waals surface area contributed by atoms with Crippen LogP contribution in [-0.2, 0) is 24.6 Å². The van der Waals surface area contributed by atoms with Crippen LogP contribution in [0.5, 0.6) is 0 Å². The standard InChI is InChI=1S/C15H19ClN2O6S2/c16-13-2-1-11(15(19)17-12-3-8-25(20,21)10-12)9-14(13)26(22,23)18-4-6-24-7-5-18/h1-2,9,12H,3-8,10H2,(H,17,19). The first-order valence-electron chi connectivity index (χ1n) is 8.08. The molecule has 2 fully saturated rings. The molecular formula is C15H19ClN2O6S2. The van der Waals surface area contributed by atoms with E-state index in [1.165, 1.54) is 22.5 Å². The molecule has 2 aliphatic rings. The molecule has 0 radical (unpaired) electrons. The molecule has 0 spiro atoms. The Hall–Kier alpha value is -1.20. The molecule has 8 nitrogen and oxygen atoms in total. The molecule has 1 aromatic carbocycles. The lowest BCUT2D eigenvalue weighted by Crippen LogP contribution is -2.41. The molecule has 2 saturated heterocycles. The summed E-state index contributed by atoms with van der Waals surface area (Å²) in [4.78, 5) is 12.3. The average Bonchev–Trinajstić information content (AvgIpc) is 2.94. The molecule has 26 heavy (non-hydrogen) atoms. The molecule has 0 aliphatic carbocycles. The van der Waals surface area contributed by atoms with Crippen molar-refractivity contribution >= 4 is 37.4 Å². The van der Waals surface area contributed by atoms with Crippen LogP contribution < -0.4 is 5.32 Å². The minimum atomic E-state index is -3.85. The van der Waals surface area contributed by atoms with E-state index in [0.717, 1.165) is 0 Å². The number of hydrogen-bond donors (Lipinski definition) is 1. The average molecular weight is 423 g/mol. The monoisotopic (exact) mass is 422 g/mol. The van der Waals surface area contributed by atoms with E-state index in [4.69, 9.17) is 16.3 Å². The van der Waals surface area contributed by atoms with Crippen LogP contribution in [0.15, 0.2) is 23.1 Å². The summed E-state index contributed by atoms with van der Waals surface area (Å²) < 4.78 is 55.0. The summed E-state index contributed by atoms with van der Waals surface area (Å²) in [5.41, 5.74) is 0.116. The second-order valence-electron chi connectivity index (χ2n) is 6.24. The molecule has 1 N–H and O–H groups in total. The number of carbonyl (C=O) groups is 1. The molecule has 1 aromatic rings. The van der Waals surface area contributed by atoms with Crippen molar-refractivity contribution in [1.82, 2.24) is 9.62 Å². The van der Waals surface area contributed by atoms with Crippen LogP contribution in [0.1, 0.15) is 16.8 Å². The molecule has 11 heteroatoms. The van der Waals surface area contributed by atoms with Crippen molar-refractivity contribution in [2.24, 2.45) is 0 Å². The smallest absolute Gasteiger partial charge is 0.251 e. The first kappa shape index (κ1) is 19.6. The quantitative estimate of drug-likeness (QED) is 0.746. The number of amides is 1. The van der Waals surface area contributed by atoms with E-state index >= 15 is 0 Å². The maximum absolute atomic E-state index is 12.8. The molecule has 1 atom stereocenters. The molecule has 2 heterocycles. The van der Waals surface area contributed by atoms with E-state index in [9.17, 15) is 21.6 Å². The Balaban J connectivity index is 1.82. The summed E-state index contributed by atoms with van der Waals surface area (Å²) >= 11 is 6.06. The van der Waals surface area contributed by atoms with Crippen LogP contribution >= 0.6 is 11.6 Å². The topological polar surface area (TPSA) is 110 Å². The number of sulfone groups is 1. The van der Waals surface area contributed by atoms with Gasteiger partial charge in [-0.25, -0.2) is 16.8 Å². The fraction of sp³-hybridized carbons (Fsp3) is 0.533. The number of carbonyl (C=O) groups excluding carboxylic acids is 1. The summed E-state index contributed by atoms with van der Waals surface area (Å²) in [6.45, 7) is 1.03. The van der Waals surface area contributed by atoms with Crippen molar-refractivity contribution < 1.29 is 26.4 Å². The van der Waals surface area contributed by atoms with Crippen molar-refractivity contribution in [2.75, 3.05) is 37.8 Å². The van der Waals surface area contributed by atoms with Gasteiger partial charge < -0.3 is 10.1 Å². The Kier molecular flexibility index (Phi) is 5.59. The highest BCUT2D eigenvalue weighted by Gasteiger charge is 2.31. The second kappa shape index (κ2) is 7.43. The number of nitrogens with zero attached hydrogens (tertiary/aromatic N) is 1. The van der Waals surface area contributed by atoms with Gasteiger partial charge in [-0.15, -0.1) is 0 Å². The van der Waals surface area contributed by atoms with Crippen molar-refractivity contribution in [3.63, 3.8) is 0 Å². The Morgan fingerprint density at radius 2 is 1.96 bits per heavy atom. The highest BCUT2D eigenvalue weighted by molar-refractivity contribution is 7.91. The highest BCUT2D eigenvalue weighted by Crippen LogP contribution is 2.26. The predicted octanol–water partition coefficient (Wildman–Crippen LogP) is 0.278. The second-order valence-corrected chi connectivity index (χ2v) is 10.8. The zero-order chi connectivity index (χ0) is 18.9. The van der Waals surface area contributed by atoms with Crippen LogP contribution in [0.4, 0.5) is 0 Å². The summed E-state index contributed by atoms with van der Waals surface area (Å²) in [5, 5.41) is 2.66. The van der Waals surface area contributed by atoms with Gasteiger partial charge in [-0.2, -0.15) is 4.31 Å². The van der Waals surface area contributed by atoms with E-state index < -0.39 is 31.8 Å². The zero-order valence-electron chi connectivity index (χ0n) is 13.9. The number of sulfonamides is 1. The van der Waals surface area contributed by atoms with Crippen LogP contribution in [0.3, 0.4) is 0 Å². The molecule has 0 saturated carbocycles. The Morgan fingerprint density at radius 1 is 1.27 bits per heavy atom. The summed E-state index contributed by atoms with van der Waals surface area (Å²) in [7, 11) is -6.98. The normalized spacial score (nSPS) is 23.7. The van der Waals surface area contributed by atoms with Gasteiger partial charge in [-0.3, -0.25) is 4.79 Å². The van der Waals surface area contributed by atoms with Gasteiger partial charge >= 0.3 is 0 Å². The third kappa shape index (κ3) is 4.20. The molecule has 144 valence electrons. The Morgan fingerprint density at radius 3 is 2.58 bits per heavy atom. The van der Waals surface area contributed by atoms with Crippen molar-refractivity contribution in [2.45, 2.75) is 17.4 Å². The maximum atomic E-state index is 12.8. The summed E-state index contributed by atoms with van der Waals surface area (Å²) in [6.07, 6.45) is 0.348. The molecule has 1 unspecified atom stereocenters. The predicted molar refractivity (Wildman–Crippen MR) is 95.6 cm³/mol. The number of morpholine rings is 1. The Bertz CT molecular complexity index is 910. The summed E-state index contributed by atoms with van der Waals surface area (Å²) in [6, 6.07) is 3.53. The lowest BCUT2D eigenvalue weighted by molar-refractivity contribution is 0.0730. The van der Waals surface area contributed by atoms with E-state index in [-0.39, 0.29) is 40.1 Å². The van der Waals surface area contributed by atoms with Crippen molar-refractivity contribution in [3.05, 3.63) is 28.8 Å². The first-order valence-corrected chi connectivity index (χ1v) is 11.7. The number of ether oxygens (including phenoxy) is 1. The van der Waals surface area contributed by atoms with Crippen LogP contribution in [0.25, 0.3) is 0 Å². The lowest BCUT2D eigenvalue weighted by atomic mass is 10.2. The number of halogens is 1. The third-order valence-corrected chi connectivity index (χ3v) is 8.50. The number of benzene rings is 1. The molecule has 0 aromatic heterocycles. The van der Waals surface area contributed by atoms with Crippen LogP contribution in [-0.4, -0.2) is 70.9 Å². The van der Waals surface area contributed by atoms with Gasteiger partial charge in [-0.05, 0) is 24.6 Å². The minimum absolute atomic E-state index is 0.0245. The van der Waals surface area contributed by atoms with Gasteiger partial charge in [0.15, 0.2) is 9.84 Å². The van der Waals surface area contributed by atoms with Gasteiger partial charge in [0.2, 0.25) is 10.0 Å². The largest absolute Gasteiger partial charge is 0.379 e. The van der Waals surface area contributed by atoms with Crippen molar-refractivity contribution in [3.8, 4) is 0 Å². The zero-order valence-corrected chi connectivity index (χ0v) is 16.2. The van der Waals surface area contributed by atoms with E-state index in [1.807, 2.05) is 0 Å². The third-order valence-electron chi connectivity index (χ3n) is 4.35. The maximum Gasteiger partial charge on any atom is 0.251 e. The van der Waals surface area contributed by atoms with Gasteiger partial charge in [0.05, 0.1) is 29.7 Å². The van der Waals surface area contributed by atoms with Gasteiger partial charge in [0.25, 0.3) is 5.91 Å². The number of hydrogen-bond acceptors (Lipinski definition) is 6. The van der Waals surface area contributed by atoms with Gasteiger partial charge in [0, 0.05) is 24.7 Å². The summed E-state index contributed by atoms with van der Waals surface area (Å²) in [5.74, 6) is -0.595. The minimum Gasteiger partial charge on any atom is -0.379 e. The van der Waals surface area contributed by atoms with E-state index in [2.05, 4.69) is 5.32 Å². The highest BCUT2D eigenvalue weighted by atomic mass is 35.5. The van der Waals surface area contributed by atoms with Crippen LogP contribution in [0, 0.1) is 0 Å². The fourth-order valence-corrected chi connectivity index (χ4v) is 6.53. The molecule has 2 aliphatic heterocycles. The molecule has 0 bridgehead atoms. The lowest BCUT2D eigenvalue weighted by Gasteiger charge is -2.26. The number of nitrogens with one attached hydrogen (secondary N) is 1. The van der Waals surface area contributed by atoms with Gasteiger partial charge in [-0.1, -0.05) is 11.6 Å². The van der Waals surface area contributed by atoms with Crippen molar-refractivity contribution in [1.29, 1.82) is 0 Å². The molecular weight excluding hydrogens is 404 g/mol. The Labute approximate surface area is 157 Å². The molecule has 3 rings (SSSR count). The number of rotatable bonds is 4. The SMILES string of the molecule is O=C(NC1CCS(=O)(=O)C1)c1ccc(Cl)c(S(=O)(=O)N2CCOCC2)c1. The van der Waals surface area contributed by atoms with E-state index in [0.29, 0.717) is 19.6 Å². The first-order chi connectivity index (χ1) is 12.2. The fourth-order valence-electron chi connectivity index (χ4n) is 2.95. The van der Waals surface area contributed by atoms with Crippen LogP contribution in [0.2, 0.25) is 5.02 Å². The molecule has 1 amide bonds. The van der Waals surface area contributed by atoms with Gasteiger partial charge in [0.1, 0.15) is 4.90 Å². The van der Waals surface area contributed by atoms with E-state index in [1.54, 1.807) is 0 Å².